The van der Waals surface area contributed by atoms with Gasteiger partial charge in [-0.2, -0.15) is 0 Å². The summed E-state index contributed by atoms with van der Waals surface area (Å²) in [5, 5.41) is 4.36. The lowest BCUT2D eigenvalue weighted by molar-refractivity contribution is 0.323. The van der Waals surface area contributed by atoms with Gasteiger partial charge in [-0.15, -0.1) is 0 Å². The molecule has 0 amide bonds. The first-order valence-corrected chi connectivity index (χ1v) is 6.72. The summed E-state index contributed by atoms with van der Waals surface area (Å²) >= 11 is 11.8. The molecule has 4 heteroatoms. The van der Waals surface area contributed by atoms with Crippen LogP contribution in [0.1, 0.15) is 18.4 Å². The van der Waals surface area contributed by atoms with Crippen molar-refractivity contribution < 1.29 is 0 Å². The van der Waals surface area contributed by atoms with Crippen LogP contribution in [0.3, 0.4) is 0 Å². The molecule has 0 bridgehead atoms. The molecule has 1 aliphatic carbocycles. The minimum Gasteiger partial charge on any atom is -0.316 e. The monoisotopic (exact) mass is 268 g/mol. The quantitative estimate of drug-likeness (QED) is 0.790. The topological polar surface area (TPSA) is 24.9 Å². The number of pyridine rings is 1. The van der Waals surface area contributed by atoms with Crippen LogP contribution in [-0.2, 0) is 0 Å². The fourth-order valence-corrected chi connectivity index (χ4v) is 3.07. The van der Waals surface area contributed by atoms with Crippen LogP contribution in [0.5, 0.6) is 0 Å². The van der Waals surface area contributed by atoms with Crippen molar-refractivity contribution in [3.05, 3.63) is 34.1 Å². The van der Waals surface area contributed by atoms with E-state index < -0.39 is 0 Å². The first-order chi connectivity index (χ1) is 8.24. The average molecular weight is 269 g/mol. The van der Waals surface area contributed by atoms with Gasteiger partial charge >= 0.3 is 0 Å². The number of fused-ring (bicyclic) bond motifs is 1. The summed E-state index contributed by atoms with van der Waals surface area (Å²) in [5.74, 6) is 1.47. The van der Waals surface area contributed by atoms with Crippen molar-refractivity contribution in [1.29, 1.82) is 0 Å². The van der Waals surface area contributed by atoms with Gasteiger partial charge < -0.3 is 5.32 Å². The van der Waals surface area contributed by atoms with E-state index in [0.29, 0.717) is 16.1 Å². The summed E-state index contributed by atoms with van der Waals surface area (Å²) < 4.78 is 0. The fraction of sp³-hybridized carbons (Fsp3) is 0.462. The van der Waals surface area contributed by atoms with Gasteiger partial charge in [-0.25, -0.2) is 4.98 Å². The molecule has 1 fully saturated rings. The van der Waals surface area contributed by atoms with Gasteiger partial charge in [-0.1, -0.05) is 29.3 Å². The predicted molar refractivity (Wildman–Crippen MR) is 71.3 cm³/mol. The molecule has 2 unspecified atom stereocenters. The minimum atomic E-state index is 0.382. The molecule has 90 valence electrons. The Morgan fingerprint density at radius 2 is 2.24 bits per heavy atom. The van der Waals surface area contributed by atoms with Crippen molar-refractivity contribution in [1.82, 2.24) is 10.3 Å². The summed E-state index contributed by atoms with van der Waals surface area (Å²) in [6.07, 6.45) is 6.61. The molecular weight excluding hydrogens is 255 g/mol. The molecule has 1 N–H and O–H groups in total. The maximum atomic E-state index is 6.01. The summed E-state index contributed by atoms with van der Waals surface area (Å²) in [6.45, 7) is 2.24. The van der Waals surface area contributed by atoms with Gasteiger partial charge in [0.15, 0.2) is 0 Å². The van der Waals surface area contributed by atoms with E-state index in [1.807, 2.05) is 12.3 Å². The maximum Gasteiger partial charge on any atom is 0.147 e. The van der Waals surface area contributed by atoms with Gasteiger partial charge in [-0.3, -0.25) is 0 Å². The molecule has 2 heterocycles. The zero-order chi connectivity index (χ0) is 11.8. The Morgan fingerprint density at radius 1 is 1.35 bits per heavy atom. The van der Waals surface area contributed by atoms with Gasteiger partial charge in [0.1, 0.15) is 5.15 Å². The number of nitrogens with zero attached hydrogens (tertiary/aromatic N) is 1. The Balaban J connectivity index is 1.87. The third-order valence-corrected chi connectivity index (χ3v) is 4.43. The Bertz CT molecular complexity index is 470. The third-order valence-electron chi connectivity index (χ3n) is 3.74. The van der Waals surface area contributed by atoms with E-state index in [9.17, 15) is 0 Å². The van der Waals surface area contributed by atoms with Crippen molar-refractivity contribution in [3.8, 4) is 0 Å². The Hall–Kier alpha value is -0.570. The summed E-state index contributed by atoms with van der Waals surface area (Å²) in [7, 11) is 0. The molecule has 1 aromatic heterocycles. The lowest BCUT2D eigenvalue weighted by Gasteiger charge is -2.25. The van der Waals surface area contributed by atoms with Crippen LogP contribution in [0.25, 0.3) is 5.57 Å². The van der Waals surface area contributed by atoms with Crippen LogP contribution in [0.4, 0.5) is 0 Å². The molecule has 2 nitrogen and oxygen atoms in total. The molecule has 2 aliphatic rings. The fourth-order valence-electron chi connectivity index (χ4n) is 2.81. The molecular formula is C13H14Cl2N2. The van der Waals surface area contributed by atoms with Crippen LogP contribution >= 0.6 is 23.2 Å². The van der Waals surface area contributed by atoms with E-state index in [1.165, 1.54) is 12.0 Å². The number of hydrogen-bond acceptors (Lipinski definition) is 2. The molecule has 3 rings (SSSR count). The molecule has 17 heavy (non-hydrogen) atoms. The summed E-state index contributed by atoms with van der Waals surface area (Å²) in [6, 6.07) is 1.92. The SMILES string of the molecule is Clc1cc(C2=CC3CNCCC3C2)cnc1Cl. The van der Waals surface area contributed by atoms with Crippen molar-refractivity contribution in [3.63, 3.8) is 0 Å². The molecule has 0 radical (unpaired) electrons. The maximum absolute atomic E-state index is 6.01. The van der Waals surface area contributed by atoms with E-state index in [2.05, 4.69) is 16.4 Å². The van der Waals surface area contributed by atoms with Crippen molar-refractivity contribution in [2.75, 3.05) is 13.1 Å². The van der Waals surface area contributed by atoms with Crippen molar-refractivity contribution in [2.24, 2.45) is 11.8 Å². The zero-order valence-electron chi connectivity index (χ0n) is 9.42. The van der Waals surface area contributed by atoms with Crippen molar-refractivity contribution >= 4 is 28.8 Å². The Kier molecular flexibility index (Phi) is 3.12. The number of rotatable bonds is 1. The number of aromatic nitrogens is 1. The minimum absolute atomic E-state index is 0.382. The summed E-state index contributed by atoms with van der Waals surface area (Å²) in [4.78, 5) is 4.12. The smallest absolute Gasteiger partial charge is 0.147 e. The number of hydrogen-bond donors (Lipinski definition) is 1. The van der Waals surface area contributed by atoms with E-state index in [4.69, 9.17) is 23.2 Å². The van der Waals surface area contributed by atoms with Gasteiger partial charge in [0.25, 0.3) is 0 Å². The molecule has 0 spiro atoms. The normalized spacial score (nSPS) is 27.8. The van der Waals surface area contributed by atoms with E-state index in [1.54, 1.807) is 0 Å². The zero-order valence-corrected chi connectivity index (χ0v) is 10.9. The Morgan fingerprint density at radius 3 is 3.00 bits per heavy atom. The number of nitrogens with one attached hydrogen (secondary N) is 1. The number of piperidine rings is 1. The highest BCUT2D eigenvalue weighted by atomic mass is 35.5. The van der Waals surface area contributed by atoms with E-state index in [0.717, 1.165) is 31.0 Å². The first-order valence-electron chi connectivity index (χ1n) is 5.97. The van der Waals surface area contributed by atoms with Crippen LogP contribution < -0.4 is 5.32 Å². The molecule has 1 saturated heterocycles. The average Bonchev–Trinajstić information content (AvgIpc) is 2.76. The highest BCUT2D eigenvalue weighted by Gasteiger charge is 2.30. The Labute approximate surface area is 111 Å². The second-order valence-corrected chi connectivity index (χ2v) is 5.57. The van der Waals surface area contributed by atoms with Crippen LogP contribution in [0.2, 0.25) is 10.2 Å². The van der Waals surface area contributed by atoms with Gasteiger partial charge in [0.05, 0.1) is 5.02 Å². The highest BCUT2D eigenvalue weighted by Crippen LogP contribution is 2.39. The number of allylic oxidation sites excluding steroid dienone is 1. The van der Waals surface area contributed by atoms with E-state index >= 15 is 0 Å². The van der Waals surface area contributed by atoms with Gasteiger partial charge in [-0.05, 0) is 48.4 Å². The van der Waals surface area contributed by atoms with Crippen molar-refractivity contribution in [2.45, 2.75) is 12.8 Å². The lowest BCUT2D eigenvalue weighted by atomic mass is 9.89. The second kappa shape index (κ2) is 4.60. The highest BCUT2D eigenvalue weighted by molar-refractivity contribution is 6.41. The molecule has 2 atom stereocenters. The van der Waals surface area contributed by atoms with Gasteiger partial charge in [0.2, 0.25) is 0 Å². The largest absolute Gasteiger partial charge is 0.316 e. The van der Waals surface area contributed by atoms with Crippen LogP contribution in [-0.4, -0.2) is 18.1 Å². The molecule has 1 aromatic rings. The second-order valence-electron chi connectivity index (χ2n) is 4.81. The summed E-state index contributed by atoms with van der Waals surface area (Å²) in [5.41, 5.74) is 2.49. The van der Waals surface area contributed by atoms with Crippen LogP contribution in [0.15, 0.2) is 18.3 Å². The van der Waals surface area contributed by atoms with E-state index in [-0.39, 0.29) is 0 Å². The third kappa shape index (κ3) is 2.22. The number of halogens is 2. The van der Waals surface area contributed by atoms with Crippen LogP contribution in [0, 0.1) is 11.8 Å². The standard InChI is InChI=1S/C13H14Cl2N2/c14-12-5-11(7-17-13(12)15)9-3-8-1-2-16-6-10(8)4-9/h4-5,7-8,10,16H,1-3,6H2. The first kappa shape index (κ1) is 11.5. The lowest BCUT2D eigenvalue weighted by Crippen LogP contribution is -2.33. The molecule has 0 saturated carbocycles. The molecule has 1 aliphatic heterocycles. The molecule has 0 aromatic carbocycles. The predicted octanol–water partition coefficient (Wildman–Crippen LogP) is 3.40. The van der Waals surface area contributed by atoms with Gasteiger partial charge in [0, 0.05) is 12.7 Å².